The van der Waals surface area contributed by atoms with Gasteiger partial charge in [-0.05, 0) is 24.8 Å². The van der Waals surface area contributed by atoms with Crippen LogP contribution in [0.1, 0.15) is 45.6 Å². The van der Waals surface area contributed by atoms with Gasteiger partial charge in [0.2, 0.25) is 11.0 Å². The number of hydrogen-bond acceptors (Lipinski definition) is 4. The number of rotatable bonds is 7. The molecule has 124 valence electrons. The maximum absolute atomic E-state index is 12.5. The lowest BCUT2D eigenvalue weighted by atomic mass is 10.1. The lowest BCUT2D eigenvalue weighted by Gasteiger charge is -2.21. The Bertz CT molecular complexity index is 651. The van der Waals surface area contributed by atoms with E-state index in [1.54, 1.807) is 4.90 Å². The number of benzene rings is 1. The summed E-state index contributed by atoms with van der Waals surface area (Å²) in [5.41, 5.74) is 2.25. The van der Waals surface area contributed by atoms with Crippen LogP contribution in [0.25, 0.3) is 10.6 Å². The molecule has 1 aromatic carbocycles. The first kappa shape index (κ1) is 17.6. The molecule has 0 aliphatic rings. The van der Waals surface area contributed by atoms with Crippen LogP contribution in [0, 0.1) is 12.8 Å². The highest BCUT2D eigenvalue weighted by Gasteiger charge is 2.21. The monoisotopic (exact) mass is 331 g/mol. The van der Waals surface area contributed by atoms with Crippen molar-refractivity contribution in [2.45, 2.75) is 47.0 Å². The minimum atomic E-state index is 0.146. The zero-order chi connectivity index (χ0) is 16.8. The summed E-state index contributed by atoms with van der Waals surface area (Å²) in [6.07, 6.45) is 2.51. The molecule has 0 aliphatic carbocycles. The Balaban J connectivity index is 2.26. The Labute approximate surface area is 142 Å². The van der Waals surface area contributed by atoms with Gasteiger partial charge in [0.25, 0.3) is 0 Å². The van der Waals surface area contributed by atoms with Crippen LogP contribution < -0.4 is 4.90 Å². The molecule has 0 radical (unpaired) electrons. The number of carbonyl (C=O) groups is 1. The Kier molecular flexibility index (Phi) is 6.28. The van der Waals surface area contributed by atoms with Gasteiger partial charge in [0, 0.05) is 18.5 Å². The van der Waals surface area contributed by atoms with Crippen LogP contribution >= 0.6 is 11.3 Å². The Hall–Kier alpha value is -1.75. The Morgan fingerprint density at radius 2 is 2.00 bits per heavy atom. The predicted molar refractivity (Wildman–Crippen MR) is 96.8 cm³/mol. The lowest BCUT2D eigenvalue weighted by Crippen LogP contribution is -2.34. The van der Waals surface area contributed by atoms with Gasteiger partial charge in [-0.3, -0.25) is 9.69 Å². The summed E-state index contributed by atoms with van der Waals surface area (Å²) in [7, 11) is 0. The quantitative estimate of drug-likeness (QED) is 0.739. The first-order chi connectivity index (χ1) is 11.0. The number of nitrogens with zero attached hydrogens (tertiary/aromatic N) is 3. The molecule has 2 aromatic rings. The van der Waals surface area contributed by atoms with Crippen molar-refractivity contribution in [2.24, 2.45) is 5.92 Å². The molecule has 0 saturated heterocycles. The van der Waals surface area contributed by atoms with Crippen molar-refractivity contribution in [1.82, 2.24) is 10.2 Å². The third-order valence-electron chi connectivity index (χ3n) is 3.61. The number of hydrogen-bond donors (Lipinski definition) is 0. The van der Waals surface area contributed by atoms with E-state index in [-0.39, 0.29) is 5.91 Å². The molecule has 0 aliphatic heterocycles. The molecule has 23 heavy (non-hydrogen) atoms. The molecule has 0 fully saturated rings. The topological polar surface area (TPSA) is 46.1 Å². The lowest BCUT2D eigenvalue weighted by molar-refractivity contribution is -0.118. The number of aromatic nitrogens is 2. The highest BCUT2D eigenvalue weighted by Crippen LogP contribution is 2.31. The molecule has 1 aromatic heterocycles. The van der Waals surface area contributed by atoms with Crippen molar-refractivity contribution in [2.75, 3.05) is 11.4 Å². The molecule has 4 nitrogen and oxygen atoms in total. The van der Waals surface area contributed by atoms with Crippen molar-refractivity contribution in [3.8, 4) is 10.6 Å². The zero-order valence-electron chi connectivity index (χ0n) is 14.4. The fourth-order valence-electron chi connectivity index (χ4n) is 2.36. The largest absolute Gasteiger partial charge is 0.286 e. The van der Waals surface area contributed by atoms with E-state index in [1.807, 2.05) is 18.2 Å². The normalized spacial score (nSPS) is 11.0. The molecule has 1 amide bonds. The third kappa shape index (κ3) is 4.61. The van der Waals surface area contributed by atoms with Gasteiger partial charge >= 0.3 is 0 Å². The summed E-state index contributed by atoms with van der Waals surface area (Å²) in [6, 6.07) is 8.13. The van der Waals surface area contributed by atoms with Gasteiger partial charge in [0.15, 0.2) is 0 Å². The Morgan fingerprint density at radius 3 is 2.65 bits per heavy atom. The van der Waals surface area contributed by atoms with Gasteiger partial charge in [-0.1, -0.05) is 62.8 Å². The van der Waals surface area contributed by atoms with E-state index in [1.165, 1.54) is 16.9 Å². The summed E-state index contributed by atoms with van der Waals surface area (Å²) in [5.74, 6) is 0.541. The second-order valence-electron chi connectivity index (χ2n) is 6.21. The molecule has 1 heterocycles. The fourth-order valence-corrected chi connectivity index (χ4v) is 3.32. The molecule has 0 saturated carbocycles. The van der Waals surface area contributed by atoms with Crippen LogP contribution in [0.2, 0.25) is 0 Å². The maximum atomic E-state index is 12.5. The van der Waals surface area contributed by atoms with Crippen molar-refractivity contribution < 1.29 is 4.79 Å². The van der Waals surface area contributed by atoms with E-state index in [4.69, 9.17) is 0 Å². The van der Waals surface area contributed by atoms with E-state index in [9.17, 15) is 4.79 Å². The van der Waals surface area contributed by atoms with Gasteiger partial charge in [0.05, 0.1) is 0 Å². The smallest absolute Gasteiger partial charge is 0.228 e. The highest BCUT2D eigenvalue weighted by atomic mass is 32.1. The second-order valence-corrected chi connectivity index (χ2v) is 7.16. The van der Waals surface area contributed by atoms with E-state index >= 15 is 0 Å². The number of unbranched alkanes of at least 4 members (excludes halogenated alkanes) is 1. The minimum Gasteiger partial charge on any atom is -0.286 e. The highest BCUT2D eigenvalue weighted by molar-refractivity contribution is 7.18. The average Bonchev–Trinajstić information content (AvgIpc) is 3.00. The van der Waals surface area contributed by atoms with Gasteiger partial charge in [-0.2, -0.15) is 0 Å². The molecule has 0 spiro atoms. The van der Waals surface area contributed by atoms with Crippen LogP contribution in [-0.4, -0.2) is 22.6 Å². The number of carbonyl (C=O) groups excluding carboxylic acids is 1. The standard InChI is InChI=1S/C18H25N3OS/c1-5-6-11-16(22)21(12-13(2)3)18-20-19-17(23-18)15-10-8-7-9-14(15)4/h7-10,13H,5-6,11-12H2,1-4H3. The molecular formula is C18H25N3OS. The molecule has 0 unspecified atom stereocenters. The molecule has 5 heteroatoms. The predicted octanol–water partition coefficient (Wildman–Crippen LogP) is 4.69. The SMILES string of the molecule is CCCCC(=O)N(CC(C)C)c1nnc(-c2ccccc2C)s1. The van der Waals surface area contributed by atoms with Crippen molar-refractivity contribution in [1.29, 1.82) is 0 Å². The average molecular weight is 331 g/mol. The van der Waals surface area contributed by atoms with E-state index in [2.05, 4.69) is 44.0 Å². The summed E-state index contributed by atoms with van der Waals surface area (Å²) in [4.78, 5) is 14.3. The van der Waals surface area contributed by atoms with Crippen LogP contribution in [0.5, 0.6) is 0 Å². The van der Waals surface area contributed by atoms with Gasteiger partial charge in [0.1, 0.15) is 5.01 Å². The van der Waals surface area contributed by atoms with E-state index in [0.717, 1.165) is 23.4 Å². The van der Waals surface area contributed by atoms with Gasteiger partial charge < -0.3 is 0 Å². The first-order valence-corrected chi connectivity index (χ1v) is 9.04. The summed E-state index contributed by atoms with van der Waals surface area (Å²) in [5, 5.41) is 10.2. The minimum absolute atomic E-state index is 0.146. The maximum Gasteiger partial charge on any atom is 0.228 e. The summed E-state index contributed by atoms with van der Waals surface area (Å²) >= 11 is 1.49. The summed E-state index contributed by atoms with van der Waals surface area (Å²) < 4.78 is 0. The Morgan fingerprint density at radius 1 is 1.26 bits per heavy atom. The van der Waals surface area contributed by atoms with Crippen LogP contribution in [0.4, 0.5) is 5.13 Å². The molecule has 0 N–H and O–H groups in total. The fraction of sp³-hybridized carbons (Fsp3) is 0.500. The number of aryl methyl sites for hydroxylation is 1. The third-order valence-corrected chi connectivity index (χ3v) is 4.59. The van der Waals surface area contributed by atoms with Crippen molar-refractivity contribution in [3.63, 3.8) is 0 Å². The second kappa shape index (κ2) is 8.20. The summed E-state index contributed by atoms with van der Waals surface area (Å²) in [6.45, 7) is 9.08. The first-order valence-electron chi connectivity index (χ1n) is 8.22. The molecule has 0 atom stereocenters. The van der Waals surface area contributed by atoms with Crippen LogP contribution in [0.15, 0.2) is 24.3 Å². The van der Waals surface area contributed by atoms with Crippen molar-refractivity contribution >= 4 is 22.4 Å². The van der Waals surface area contributed by atoms with Gasteiger partial charge in [-0.15, -0.1) is 10.2 Å². The van der Waals surface area contributed by atoms with E-state index in [0.29, 0.717) is 24.0 Å². The van der Waals surface area contributed by atoms with Crippen LogP contribution in [-0.2, 0) is 4.79 Å². The van der Waals surface area contributed by atoms with E-state index < -0.39 is 0 Å². The van der Waals surface area contributed by atoms with Crippen LogP contribution in [0.3, 0.4) is 0 Å². The molecular weight excluding hydrogens is 306 g/mol. The zero-order valence-corrected chi connectivity index (χ0v) is 15.2. The van der Waals surface area contributed by atoms with Gasteiger partial charge in [-0.25, -0.2) is 0 Å². The molecule has 2 rings (SSSR count). The molecule has 0 bridgehead atoms. The number of anilines is 1. The number of amides is 1. The van der Waals surface area contributed by atoms with Crippen molar-refractivity contribution in [3.05, 3.63) is 29.8 Å².